The smallest absolute Gasteiger partial charge is 0.241 e. The summed E-state index contributed by atoms with van der Waals surface area (Å²) < 4.78 is 32.9. The number of amides is 1. The third kappa shape index (κ3) is 3.19. The van der Waals surface area contributed by atoms with E-state index in [1.54, 1.807) is 40.1 Å². The normalized spacial score (nSPS) is 19.1. The second-order valence-corrected chi connectivity index (χ2v) is 7.04. The van der Waals surface area contributed by atoms with Crippen LogP contribution in [0.25, 0.3) is 0 Å². The van der Waals surface area contributed by atoms with Gasteiger partial charge in [0.1, 0.15) is 5.75 Å². The van der Waals surface area contributed by atoms with Crippen LogP contribution >= 0.6 is 0 Å². The lowest BCUT2D eigenvalue weighted by molar-refractivity contribution is -0.126. The van der Waals surface area contributed by atoms with Gasteiger partial charge in [-0.25, -0.2) is 13.1 Å². The van der Waals surface area contributed by atoms with Crippen molar-refractivity contribution in [2.75, 3.05) is 20.7 Å². The van der Waals surface area contributed by atoms with Crippen LogP contribution in [-0.2, 0) is 14.8 Å². The lowest BCUT2D eigenvalue weighted by Crippen LogP contribution is -2.37. The zero-order chi connectivity index (χ0) is 15.8. The van der Waals surface area contributed by atoms with Crippen molar-refractivity contribution in [2.45, 2.75) is 31.2 Å². The minimum Gasteiger partial charge on any atom is -0.497 e. The average Bonchev–Trinajstić information content (AvgIpc) is 2.65. The number of aryl methyl sites for hydroxylation is 2. The van der Waals surface area contributed by atoms with Gasteiger partial charge in [0.05, 0.1) is 12.0 Å². The van der Waals surface area contributed by atoms with Crippen LogP contribution in [0.3, 0.4) is 0 Å². The summed E-state index contributed by atoms with van der Waals surface area (Å²) >= 11 is 0. The van der Waals surface area contributed by atoms with Gasteiger partial charge in [-0.05, 0) is 37.1 Å². The predicted octanol–water partition coefficient (Wildman–Crippen LogP) is 0.821. The van der Waals surface area contributed by atoms with Crippen molar-refractivity contribution in [3.8, 4) is 5.75 Å². The fraction of sp³-hybridized carbons (Fsp3) is 0.500. The van der Waals surface area contributed by atoms with Gasteiger partial charge in [-0.2, -0.15) is 0 Å². The highest BCUT2D eigenvalue weighted by atomic mass is 32.2. The molecule has 0 radical (unpaired) electrons. The van der Waals surface area contributed by atoms with E-state index in [1.165, 1.54) is 4.90 Å². The number of benzene rings is 1. The molecule has 2 rings (SSSR count). The topological polar surface area (TPSA) is 75.7 Å². The summed E-state index contributed by atoms with van der Waals surface area (Å²) in [5.41, 5.74) is 1.24. The Hall–Kier alpha value is -1.60. The number of nitrogens with one attached hydrogen (secondary N) is 1. The number of likely N-dealkylation sites (N-methyl/N-ethyl adjacent to an activating group) is 1. The first-order valence-corrected chi connectivity index (χ1v) is 8.14. The zero-order valence-electron chi connectivity index (χ0n) is 12.6. The molecule has 1 unspecified atom stereocenters. The molecule has 6 nitrogen and oxygen atoms in total. The molecule has 7 heteroatoms. The van der Waals surface area contributed by atoms with Crippen LogP contribution in [0.2, 0.25) is 0 Å². The molecule has 1 N–H and O–H groups in total. The van der Waals surface area contributed by atoms with Crippen molar-refractivity contribution in [3.05, 3.63) is 23.3 Å². The van der Waals surface area contributed by atoms with Gasteiger partial charge in [-0.1, -0.05) is 0 Å². The molecule has 1 heterocycles. The average molecular weight is 312 g/mol. The predicted molar refractivity (Wildman–Crippen MR) is 78.8 cm³/mol. The Morgan fingerprint density at radius 1 is 1.29 bits per heavy atom. The molecule has 0 aromatic heterocycles. The van der Waals surface area contributed by atoms with Crippen molar-refractivity contribution < 1.29 is 17.9 Å². The highest BCUT2D eigenvalue weighted by Crippen LogP contribution is 2.26. The Morgan fingerprint density at radius 3 is 2.29 bits per heavy atom. The van der Waals surface area contributed by atoms with Crippen molar-refractivity contribution in [2.24, 2.45) is 0 Å². The number of carbonyl (C=O) groups is 1. The molecular weight excluding hydrogens is 292 g/mol. The Balaban J connectivity index is 2.30. The highest BCUT2D eigenvalue weighted by molar-refractivity contribution is 7.89. The number of methoxy groups -OCH3 is 1. The SMILES string of the molecule is COc1cc(C)c(S(=O)(=O)NC2CC(=O)N(C)C2)c(C)c1. The summed E-state index contributed by atoms with van der Waals surface area (Å²) in [4.78, 5) is 13.3. The first-order valence-electron chi connectivity index (χ1n) is 6.66. The standard InChI is InChI=1S/C14H20N2O4S/c1-9-5-12(20-4)6-10(2)14(9)21(18,19)15-11-7-13(17)16(3)8-11/h5-6,11,15H,7-8H2,1-4H3. The second kappa shape index (κ2) is 5.65. The van der Waals surface area contributed by atoms with Crippen molar-refractivity contribution >= 4 is 15.9 Å². The number of nitrogens with zero attached hydrogens (tertiary/aromatic N) is 1. The Kier molecular flexibility index (Phi) is 4.25. The minimum absolute atomic E-state index is 0.0501. The molecule has 0 spiro atoms. The van der Waals surface area contributed by atoms with E-state index >= 15 is 0 Å². The van der Waals surface area contributed by atoms with Crippen LogP contribution < -0.4 is 9.46 Å². The van der Waals surface area contributed by atoms with Crippen LogP contribution in [0.4, 0.5) is 0 Å². The van der Waals surface area contributed by atoms with E-state index in [9.17, 15) is 13.2 Å². The van der Waals surface area contributed by atoms with Gasteiger partial charge >= 0.3 is 0 Å². The van der Waals surface area contributed by atoms with Gasteiger partial charge in [0, 0.05) is 26.1 Å². The number of rotatable bonds is 4. The van der Waals surface area contributed by atoms with E-state index in [4.69, 9.17) is 4.74 Å². The molecular formula is C14H20N2O4S. The lowest BCUT2D eigenvalue weighted by atomic mass is 10.1. The largest absolute Gasteiger partial charge is 0.497 e. The molecule has 1 atom stereocenters. The number of hydrogen-bond acceptors (Lipinski definition) is 4. The van der Waals surface area contributed by atoms with Gasteiger partial charge in [0.2, 0.25) is 15.9 Å². The van der Waals surface area contributed by atoms with Crippen molar-refractivity contribution in [1.82, 2.24) is 9.62 Å². The molecule has 21 heavy (non-hydrogen) atoms. The van der Waals surface area contributed by atoms with E-state index in [2.05, 4.69) is 4.72 Å². The van der Waals surface area contributed by atoms with Crippen LogP contribution in [0.15, 0.2) is 17.0 Å². The first-order chi connectivity index (χ1) is 9.74. The summed E-state index contributed by atoms with van der Waals surface area (Å²) in [6, 6.07) is 2.99. The summed E-state index contributed by atoms with van der Waals surface area (Å²) in [5, 5.41) is 0. The van der Waals surface area contributed by atoms with Gasteiger partial charge in [-0.3, -0.25) is 4.79 Å². The zero-order valence-corrected chi connectivity index (χ0v) is 13.5. The third-order valence-corrected chi connectivity index (χ3v) is 5.43. The maximum atomic E-state index is 12.6. The molecule has 1 aliphatic heterocycles. The highest BCUT2D eigenvalue weighted by Gasteiger charge is 2.31. The van der Waals surface area contributed by atoms with Crippen molar-refractivity contribution in [1.29, 1.82) is 0 Å². The van der Waals surface area contributed by atoms with E-state index in [0.717, 1.165) is 0 Å². The number of carbonyl (C=O) groups excluding carboxylic acids is 1. The number of sulfonamides is 1. The van der Waals surface area contributed by atoms with Crippen LogP contribution in [-0.4, -0.2) is 46.0 Å². The van der Waals surface area contributed by atoms with E-state index in [-0.39, 0.29) is 23.3 Å². The molecule has 0 saturated carbocycles. The molecule has 1 aromatic rings. The fourth-order valence-electron chi connectivity index (χ4n) is 2.67. The molecule has 116 valence electrons. The van der Waals surface area contributed by atoms with Crippen molar-refractivity contribution in [3.63, 3.8) is 0 Å². The monoisotopic (exact) mass is 312 g/mol. The molecule has 0 bridgehead atoms. The quantitative estimate of drug-likeness (QED) is 0.893. The maximum Gasteiger partial charge on any atom is 0.241 e. The van der Waals surface area contributed by atoms with Crippen LogP contribution in [0.5, 0.6) is 5.75 Å². The number of hydrogen-bond donors (Lipinski definition) is 1. The van der Waals surface area contributed by atoms with Gasteiger partial charge < -0.3 is 9.64 Å². The summed E-state index contributed by atoms with van der Waals surface area (Å²) in [6.07, 6.45) is 0.198. The fourth-order valence-corrected chi connectivity index (χ4v) is 4.35. The maximum absolute atomic E-state index is 12.6. The van der Waals surface area contributed by atoms with Gasteiger partial charge in [0.25, 0.3) is 0 Å². The van der Waals surface area contributed by atoms with E-state index in [1.807, 2.05) is 0 Å². The van der Waals surface area contributed by atoms with Gasteiger partial charge in [0.15, 0.2) is 0 Å². The first kappa shape index (κ1) is 15.8. The van der Waals surface area contributed by atoms with Crippen LogP contribution in [0, 0.1) is 13.8 Å². The minimum atomic E-state index is -3.66. The summed E-state index contributed by atoms with van der Waals surface area (Å²) in [7, 11) is -0.452. The summed E-state index contributed by atoms with van der Waals surface area (Å²) in [6.45, 7) is 3.86. The number of likely N-dealkylation sites (tertiary alicyclic amines) is 1. The number of ether oxygens (including phenoxy) is 1. The Labute approximate surface area is 125 Å². The van der Waals surface area contributed by atoms with Crippen LogP contribution in [0.1, 0.15) is 17.5 Å². The van der Waals surface area contributed by atoms with Gasteiger partial charge in [-0.15, -0.1) is 0 Å². The Morgan fingerprint density at radius 2 is 1.86 bits per heavy atom. The molecule has 1 fully saturated rings. The second-order valence-electron chi connectivity index (χ2n) is 5.39. The molecule has 1 aromatic carbocycles. The molecule has 1 amide bonds. The molecule has 0 aliphatic carbocycles. The molecule has 1 aliphatic rings. The van der Waals surface area contributed by atoms with E-state index in [0.29, 0.717) is 23.4 Å². The third-order valence-electron chi connectivity index (χ3n) is 3.60. The van der Waals surface area contributed by atoms with E-state index < -0.39 is 10.0 Å². The lowest BCUT2D eigenvalue weighted by Gasteiger charge is -2.16. The summed E-state index contributed by atoms with van der Waals surface area (Å²) in [5.74, 6) is 0.575. The Bertz CT molecular complexity index is 647. The molecule has 1 saturated heterocycles.